The zero-order valence-electron chi connectivity index (χ0n) is 17.0. The van der Waals surface area contributed by atoms with Crippen molar-refractivity contribution in [3.63, 3.8) is 0 Å². The van der Waals surface area contributed by atoms with Gasteiger partial charge in [0.1, 0.15) is 10.5 Å². The lowest BCUT2D eigenvalue weighted by Gasteiger charge is -2.17. The van der Waals surface area contributed by atoms with Crippen molar-refractivity contribution in [3.05, 3.63) is 68.6 Å². The van der Waals surface area contributed by atoms with Crippen LogP contribution >= 0.6 is 23.7 Å². The van der Waals surface area contributed by atoms with Gasteiger partial charge in [0, 0.05) is 17.3 Å². The van der Waals surface area contributed by atoms with E-state index in [2.05, 4.69) is 10.3 Å². The minimum Gasteiger partial charge on any atom is -0.392 e. The van der Waals surface area contributed by atoms with Gasteiger partial charge in [-0.3, -0.25) is 4.79 Å². The molecule has 0 saturated carbocycles. The van der Waals surface area contributed by atoms with Gasteiger partial charge in [-0.05, 0) is 65.2 Å². The van der Waals surface area contributed by atoms with Crippen LogP contribution in [0, 0.1) is 12.7 Å². The molecule has 0 amide bonds. The Hall–Kier alpha value is -2.25. The lowest BCUT2D eigenvalue weighted by atomic mass is 9.90. The number of aryl methyl sites for hydroxylation is 1. The third-order valence-corrected chi connectivity index (χ3v) is 6.40. The average Bonchev–Trinajstić information content (AvgIpc) is 3.19. The smallest absolute Gasteiger partial charge is 0.266 e. The number of likely N-dealkylation sites (N-methyl/N-ethyl adjacent to an activating group) is 1. The average molecular weight is 447 g/mol. The van der Waals surface area contributed by atoms with Crippen molar-refractivity contribution in [1.82, 2.24) is 10.3 Å². The van der Waals surface area contributed by atoms with Crippen LogP contribution in [0.3, 0.4) is 0 Å². The van der Waals surface area contributed by atoms with Crippen LogP contribution in [0.4, 0.5) is 4.39 Å². The zero-order valence-corrected chi connectivity index (χ0v) is 18.6. The lowest BCUT2D eigenvalue weighted by Crippen LogP contribution is -2.15. The van der Waals surface area contributed by atoms with Gasteiger partial charge in [0.25, 0.3) is 5.56 Å². The fraction of sp³-hybridized carbons (Fsp3) is 0.261. The molecule has 7 heteroatoms. The Morgan fingerprint density at radius 2 is 2.03 bits per heavy atom. The standard InChI is InChI=1S/C23H23FN2O2S.ClH/c1-12-8-15(11-27)19(14-4-5-16(18(24)9-14)13(2)10-25-3)20-17-6-7-29-22(17)23(28)26-21(12)20;/h4-9,13,25,27H,10-11H2,1-3H3,(H,26,28);1H/t13-;/m0./s1. The van der Waals surface area contributed by atoms with Crippen LogP contribution < -0.4 is 10.9 Å². The first-order valence-corrected chi connectivity index (χ1v) is 10.4. The van der Waals surface area contributed by atoms with Crippen molar-refractivity contribution in [2.75, 3.05) is 13.6 Å². The summed E-state index contributed by atoms with van der Waals surface area (Å²) in [7, 11) is 1.85. The molecule has 3 N–H and O–H groups in total. The number of hydrogen-bond acceptors (Lipinski definition) is 4. The monoisotopic (exact) mass is 446 g/mol. The van der Waals surface area contributed by atoms with Crippen LogP contribution in [0.5, 0.6) is 0 Å². The van der Waals surface area contributed by atoms with Crippen molar-refractivity contribution >= 4 is 44.7 Å². The molecule has 0 aliphatic rings. The topological polar surface area (TPSA) is 65.1 Å². The number of benzene rings is 2. The predicted molar refractivity (Wildman–Crippen MR) is 126 cm³/mol. The molecule has 158 valence electrons. The Balaban J connectivity index is 0.00000256. The van der Waals surface area contributed by atoms with Gasteiger partial charge in [-0.15, -0.1) is 23.7 Å². The van der Waals surface area contributed by atoms with E-state index in [-0.39, 0.29) is 36.3 Å². The van der Waals surface area contributed by atoms with E-state index in [0.717, 1.165) is 27.4 Å². The Morgan fingerprint density at radius 3 is 2.70 bits per heavy atom. The molecule has 2 aromatic carbocycles. The van der Waals surface area contributed by atoms with Crippen LogP contribution in [-0.4, -0.2) is 23.7 Å². The van der Waals surface area contributed by atoms with Crippen molar-refractivity contribution < 1.29 is 9.50 Å². The molecule has 30 heavy (non-hydrogen) atoms. The van der Waals surface area contributed by atoms with E-state index >= 15 is 0 Å². The van der Waals surface area contributed by atoms with Gasteiger partial charge < -0.3 is 15.4 Å². The normalized spacial score (nSPS) is 12.3. The molecule has 0 saturated heterocycles. The second-order valence-corrected chi connectivity index (χ2v) is 8.36. The molecule has 0 unspecified atom stereocenters. The Labute approximate surface area is 184 Å². The molecule has 4 aromatic rings. The maximum absolute atomic E-state index is 15.0. The molecular weight excluding hydrogens is 423 g/mol. The van der Waals surface area contributed by atoms with E-state index < -0.39 is 0 Å². The first kappa shape index (κ1) is 22.4. The lowest BCUT2D eigenvalue weighted by molar-refractivity contribution is 0.282. The third-order valence-electron chi connectivity index (χ3n) is 5.49. The number of aliphatic hydroxyl groups excluding tert-OH is 1. The summed E-state index contributed by atoms with van der Waals surface area (Å²) in [6.45, 7) is 4.40. The summed E-state index contributed by atoms with van der Waals surface area (Å²) in [6, 6.07) is 9.03. The number of aromatic nitrogens is 1. The van der Waals surface area contributed by atoms with E-state index in [1.165, 1.54) is 17.4 Å². The van der Waals surface area contributed by atoms with Gasteiger partial charge >= 0.3 is 0 Å². The number of halogens is 2. The van der Waals surface area contributed by atoms with Gasteiger partial charge in [0.05, 0.1) is 12.1 Å². The Kier molecular flexibility index (Phi) is 6.62. The van der Waals surface area contributed by atoms with E-state index in [0.29, 0.717) is 27.9 Å². The van der Waals surface area contributed by atoms with E-state index in [4.69, 9.17) is 0 Å². The molecule has 2 heterocycles. The first-order valence-electron chi connectivity index (χ1n) is 9.57. The second-order valence-electron chi connectivity index (χ2n) is 7.45. The summed E-state index contributed by atoms with van der Waals surface area (Å²) in [5.41, 5.74) is 4.29. The fourth-order valence-corrected chi connectivity index (χ4v) is 4.92. The fourth-order valence-electron chi connectivity index (χ4n) is 4.12. The molecular formula is C23H24ClFN2O2S. The molecule has 0 fully saturated rings. The third kappa shape index (κ3) is 3.65. The number of nitrogens with one attached hydrogen (secondary N) is 2. The van der Waals surface area contributed by atoms with Crippen molar-refractivity contribution in [1.29, 1.82) is 0 Å². The quantitative estimate of drug-likeness (QED) is 0.400. The Morgan fingerprint density at radius 1 is 1.27 bits per heavy atom. The second kappa shape index (κ2) is 8.86. The summed E-state index contributed by atoms with van der Waals surface area (Å²) in [6.07, 6.45) is 0. The number of pyridine rings is 1. The molecule has 0 spiro atoms. The van der Waals surface area contributed by atoms with Gasteiger partial charge in [-0.2, -0.15) is 0 Å². The molecule has 0 bridgehead atoms. The van der Waals surface area contributed by atoms with Crippen LogP contribution in [0.25, 0.3) is 32.1 Å². The summed E-state index contributed by atoms with van der Waals surface area (Å²) in [4.78, 5) is 15.5. The molecule has 4 nitrogen and oxygen atoms in total. The number of thiophene rings is 1. The number of aliphatic hydroxyl groups is 1. The molecule has 4 rings (SSSR count). The summed E-state index contributed by atoms with van der Waals surface area (Å²) in [5.74, 6) is -0.227. The number of rotatable bonds is 5. The van der Waals surface area contributed by atoms with Crippen LogP contribution in [0.2, 0.25) is 0 Å². The van der Waals surface area contributed by atoms with E-state index in [1.807, 2.05) is 50.5 Å². The van der Waals surface area contributed by atoms with Crippen LogP contribution in [0.15, 0.2) is 40.5 Å². The van der Waals surface area contributed by atoms with E-state index in [9.17, 15) is 14.3 Å². The number of aromatic amines is 1. The zero-order chi connectivity index (χ0) is 20.7. The van der Waals surface area contributed by atoms with Gasteiger partial charge in [0.2, 0.25) is 0 Å². The van der Waals surface area contributed by atoms with Gasteiger partial charge in [-0.25, -0.2) is 4.39 Å². The number of fused-ring (bicyclic) bond motifs is 3. The highest BCUT2D eigenvalue weighted by Crippen LogP contribution is 2.39. The number of H-pyrrole nitrogens is 1. The SMILES string of the molecule is CNC[C@H](C)c1ccc(-c2c(CO)cc(C)c3[nH]c(=O)c4sccc4c23)cc1F.Cl. The summed E-state index contributed by atoms with van der Waals surface area (Å²) < 4.78 is 15.6. The Bertz CT molecular complexity index is 1280. The van der Waals surface area contributed by atoms with Crippen LogP contribution in [-0.2, 0) is 6.61 Å². The van der Waals surface area contributed by atoms with Gasteiger partial charge in [-0.1, -0.05) is 25.1 Å². The highest BCUT2D eigenvalue weighted by atomic mass is 35.5. The van der Waals surface area contributed by atoms with Crippen LogP contribution in [0.1, 0.15) is 29.5 Å². The highest BCUT2D eigenvalue weighted by molar-refractivity contribution is 7.17. The van der Waals surface area contributed by atoms with Crippen molar-refractivity contribution in [3.8, 4) is 11.1 Å². The van der Waals surface area contributed by atoms with Crippen molar-refractivity contribution in [2.45, 2.75) is 26.4 Å². The van der Waals surface area contributed by atoms with Gasteiger partial charge in [0.15, 0.2) is 0 Å². The molecule has 0 aliphatic heterocycles. The summed E-state index contributed by atoms with van der Waals surface area (Å²) >= 11 is 1.38. The minimum absolute atomic E-state index is 0. The van der Waals surface area contributed by atoms with Crippen molar-refractivity contribution in [2.24, 2.45) is 0 Å². The minimum atomic E-state index is -0.270. The maximum atomic E-state index is 15.0. The molecule has 1 atom stereocenters. The molecule has 2 aromatic heterocycles. The summed E-state index contributed by atoms with van der Waals surface area (Å²) in [5, 5.41) is 16.7. The molecule has 0 radical (unpaired) electrons. The number of hydrogen-bond donors (Lipinski definition) is 3. The maximum Gasteiger partial charge on any atom is 0.266 e. The largest absolute Gasteiger partial charge is 0.392 e. The predicted octanol–water partition coefficient (Wildman–Crippen LogP) is 5.09. The molecule has 0 aliphatic carbocycles. The highest BCUT2D eigenvalue weighted by Gasteiger charge is 2.19. The first-order chi connectivity index (χ1) is 14.0. The van der Waals surface area contributed by atoms with E-state index in [1.54, 1.807) is 0 Å².